The number of nitrogens with zero attached hydrogens (tertiary/aromatic N) is 1. The van der Waals surface area contributed by atoms with Crippen molar-refractivity contribution in [2.75, 3.05) is 31.5 Å². The number of nitrogens with one attached hydrogen (secondary N) is 1. The maximum atomic E-state index is 14.8. The second kappa shape index (κ2) is 11.0. The first-order chi connectivity index (χ1) is 17.3. The van der Waals surface area contributed by atoms with Crippen molar-refractivity contribution >= 4 is 41.1 Å². The third-order valence-corrected chi connectivity index (χ3v) is 6.64. The number of hydrogen-bond donors (Lipinski definition) is 2. The second-order valence-corrected chi connectivity index (χ2v) is 9.04. The van der Waals surface area contributed by atoms with Gasteiger partial charge in [-0.15, -0.1) is 0 Å². The summed E-state index contributed by atoms with van der Waals surface area (Å²) in [6, 6.07) is 11.4. The number of ether oxygens (including phenoxy) is 2. The predicted molar refractivity (Wildman–Crippen MR) is 132 cm³/mol. The summed E-state index contributed by atoms with van der Waals surface area (Å²) >= 11 is 6.98. The molecule has 7 nitrogen and oxygen atoms in total. The Morgan fingerprint density at radius 2 is 1.97 bits per heavy atom. The van der Waals surface area contributed by atoms with Crippen LogP contribution in [0.15, 0.2) is 53.4 Å². The van der Waals surface area contributed by atoms with Crippen molar-refractivity contribution in [3.8, 4) is 22.6 Å². The van der Waals surface area contributed by atoms with Gasteiger partial charge in [0.15, 0.2) is 0 Å². The molecule has 1 heterocycles. The molecule has 0 radical (unpaired) electrons. The molecule has 0 saturated heterocycles. The molecule has 4 rings (SSSR count). The Kier molecular flexibility index (Phi) is 7.85. The molecule has 36 heavy (non-hydrogen) atoms. The lowest BCUT2D eigenvalue weighted by atomic mass is 10.0. The zero-order valence-corrected chi connectivity index (χ0v) is 20.6. The normalized spacial score (nSPS) is 13.6. The average molecular weight is 535 g/mol. The Morgan fingerprint density at radius 3 is 2.75 bits per heavy atom. The molecule has 0 saturated carbocycles. The summed E-state index contributed by atoms with van der Waals surface area (Å²) in [5.41, 5.74) is 0.576. The standard InChI is InChI=1S/C25H21ClF2N2O5S/c1-34-23(31)6-7-30-8-9-35-21-5-3-2-4-15(21)16-12-20(19(28)13-18(16)27)29-36-22-11-14(25(30)33)10-17(26)24(22)32/h2-5,10-13,29,32H,6-9H2,1H3. The number of phenols is 1. The van der Waals surface area contributed by atoms with Gasteiger partial charge in [0.2, 0.25) is 0 Å². The number of phenolic OH excluding ortho intramolecular Hbond substituents is 1. The molecule has 0 unspecified atom stereocenters. The molecule has 188 valence electrons. The highest BCUT2D eigenvalue weighted by atomic mass is 35.5. The van der Waals surface area contributed by atoms with Crippen molar-refractivity contribution in [2.45, 2.75) is 11.3 Å². The molecular weight excluding hydrogens is 514 g/mol. The number of amides is 1. The number of carbonyl (C=O) groups is 2. The molecule has 3 aromatic carbocycles. The van der Waals surface area contributed by atoms with Gasteiger partial charge in [0.25, 0.3) is 5.91 Å². The van der Waals surface area contributed by atoms with Crippen molar-refractivity contribution < 1.29 is 33.0 Å². The molecule has 0 spiro atoms. The SMILES string of the molecule is COC(=O)CCN1CCOc2ccccc2-c2cc(c(F)cc2F)NSc2cc(cc(Cl)c2O)C1=O. The van der Waals surface area contributed by atoms with Gasteiger partial charge < -0.3 is 24.2 Å². The van der Waals surface area contributed by atoms with Crippen LogP contribution in [0, 0.1) is 11.6 Å². The lowest BCUT2D eigenvalue weighted by Gasteiger charge is -2.23. The van der Waals surface area contributed by atoms with Crippen molar-refractivity contribution in [3.63, 3.8) is 0 Å². The molecule has 1 aliphatic rings. The van der Waals surface area contributed by atoms with Crippen LogP contribution in [-0.2, 0) is 9.53 Å². The molecule has 0 atom stereocenters. The van der Waals surface area contributed by atoms with Gasteiger partial charge in [-0.1, -0.05) is 29.8 Å². The van der Waals surface area contributed by atoms with Gasteiger partial charge in [0, 0.05) is 29.3 Å². The van der Waals surface area contributed by atoms with Crippen LogP contribution in [0.3, 0.4) is 0 Å². The first-order valence-corrected chi connectivity index (χ1v) is 12.0. The number of para-hydroxylation sites is 1. The minimum atomic E-state index is -0.849. The third-order valence-electron chi connectivity index (χ3n) is 5.50. The van der Waals surface area contributed by atoms with Gasteiger partial charge in [-0.2, -0.15) is 0 Å². The fourth-order valence-electron chi connectivity index (χ4n) is 3.63. The smallest absolute Gasteiger partial charge is 0.307 e. The van der Waals surface area contributed by atoms with E-state index in [1.54, 1.807) is 24.3 Å². The van der Waals surface area contributed by atoms with Gasteiger partial charge in [0.1, 0.15) is 29.7 Å². The summed E-state index contributed by atoms with van der Waals surface area (Å²) < 4.78 is 42.7. The monoisotopic (exact) mass is 534 g/mol. The number of benzene rings is 3. The topological polar surface area (TPSA) is 88.1 Å². The van der Waals surface area contributed by atoms with Gasteiger partial charge in [-0.05, 0) is 36.2 Å². The number of rotatable bonds is 3. The van der Waals surface area contributed by atoms with Crippen LogP contribution in [0.5, 0.6) is 11.5 Å². The molecule has 4 bridgehead atoms. The first-order valence-electron chi connectivity index (χ1n) is 10.8. The number of hydrogen-bond acceptors (Lipinski definition) is 7. The highest BCUT2D eigenvalue weighted by molar-refractivity contribution is 8.00. The van der Waals surface area contributed by atoms with Gasteiger partial charge in [-0.25, -0.2) is 8.78 Å². The van der Waals surface area contributed by atoms with Crippen LogP contribution in [0.2, 0.25) is 5.02 Å². The summed E-state index contributed by atoms with van der Waals surface area (Å²) in [6.07, 6.45) is -0.0515. The van der Waals surface area contributed by atoms with Crippen LogP contribution in [0.25, 0.3) is 11.1 Å². The quantitative estimate of drug-likeness (QED) is 0.338. The minimum absolute atomic E-state index is 0.0191. The van der Waals surface area contributed by atoms with Crippen LogP contribution >= 0.6 is 23.5 Å². The molecule has 2 N–H and O–H groups in total. The number of aromatic hydroxyl groups is 1. The van der Waals surface area contributed by atoms with E-state index in [1.807, 2.05) is 0 Å². The Hall–Kier alpha value is -3.50. The molecule has 1 aliphatic heterocycles. The largest absolute Gasteiger partial charge is 0.505 e. The van der Waals surface area contributed by atoms with Crippen molar-refractivity contribution in [3.05, 3.63) is 70.8 Å². The summed E-state index contributed by atoms with van der Waals surface area (Å²) in [6.45, 7) is 0.141. The van der Waals surface area contributed by atoms with E-state index in [4.69, 9.17) is 16.3 Å². The van der Waals surface area contributed by atoms with Gasteiger partial charge in [0.05, 0.1) is 35.7 Å². The molecule has 0 aromatic heterocycles. The maximum absolute atomic E-state index is 14.8. The number of carbonyl (C=O) groups excluding carboxylic acids is 2. The number of methoxy groups -OCH3 is 1. The van der Waals surface area contributed by atoms with Crippen molar-refractivity contribution in [2.24, 2.45) is 0 Å². The molecule has 11 heteroatoms. The Bertz CT molecular complexity index is 1320. The van der Waals surface area contributed by atoms with E-state index >= 15 is 0 Å². The van der Waals surface area contributed by atoms with Crippen LogP contribution in [0.4, 0.5) is 14.5 Å². The molecule has 3 aromatic rings. The predicted octanol–water partition coefficient (Wildman–Crippen LogP) is 5.51. The molecular formula is C25H21ClF2N2O5S. The summed E-state index contributed by atoms with van der Waals surface area (Å²) in [4.78, 5) is 26.6. The molecule has 1 amide bonds. The fourth-order valence-corrected chi connectivity index (χ4v) is 4.67. The van der Waals surface area contributed by atoms with Gasteiger partial charge in [-0.3, -0.25) is 9.59 Å². The lowest BCUT2D eigenvalue weighted by molar-refractivity contribution is -0.140. The fraction of sp³-hybridized carbons (Fsp3) is 0.200. The summed E-state index contributed by atoms with van der Waals surface area (Å²) in [5, 5.41) is 10.3. The zero-order chi connectivity index (χ0) is 25.8. The number of halogens is 3. The van der Waals surface area contributed by atoms with Crippen LogP contribution < -0.4 is 9.46 Å². The number of anilines is 1. The maximum Gasteiger partial charge on any atom is 0.307 e. The van der Waals surface area contributed by atoms with E-state index in [1.165, 1.54) is 30.2 Å². The highest BCUT2D eigenvalue weighted by Gasteiger charge is 2.22. The lowest BCUT2D eigenvalue weighted by Crippen LogP contribution is -2.36. The Morgan fingerprint density at radius 1 is 1.19 bits per heavy atom. The van der Waals surface area contributed by atoms with E-state index in [0.29, 0.717) is 11.3 Å². The average Bonchev–Trinajstić information content (AvgIpc) is 2.87. The van der Waals surface area contributed by atoms with E-state index in [-0.39, 0.29) is 58.6 Å². The molecule has 0 aliphatic carbocycles. The Labute approximate surface area is 215 Å². The highest BCUT2D eigenvalue weighted by Crippen LogP contribution is 2.39. The van der Waals surface area contributed by atoms with Crippen LogP contribution in [0.1, 0.15) is 16.8 Å². The zero-order valence-electron chi connectivity index (χ0n) is 19.0. The van der Waals surface area contributed by atoms with Crippen LogP contribution in [-0.4, -0.2) is 48.7 Å². The van der Waals surface area contributed by atoms with E-state index in [9.17, 15) is 23.5 Å². The van der Waals surface area contributed by atoms with E-state index in [2.05, 4.69) is 9.46 Å². The summed E-state index contributed by atoms with van der Waals surface area (Å²) in [5.74, 6) is -2.58. The molecule has 0 fully saturated rings. The minimum Gasteiger partial charge on any atom is -0.505 e. The van der Waals surface area contributed by atoms with E-state index in [0.717, 1.165) is 18.0 Å². The summed E-state index contributed by atoms with van der Waals surface area (Å²) in [7, 11) is 1.25. The van der Waals surface area contributed by atoms with E-state index < -0.39 is 23.5 Å². The van der Waals surface area contributed by atoms with Crippen molar-refractivity contribution in [1.82, 2.24) is 4.90 Å². The van der Waals surface area contributed by atoms with Gasteiger partial charge >= 0.3 is 5.97 Å². The second-order valence-electron chi connectivity index (χ2n) is 7.78. The number of esters is 1. The third kappa shape index (κ3) is 5.50. The Balaban J connectivity index is 1.79. The van der Waals surface area contributed by atoms with Crippen molar-refractivity contribution in [1.29, 1.82) is 0 Å². The first kappa shape index (κ1) is 25.6. The number of fused-ring (bicyclic) bond motifs is 6.